The molecule has 0 saturated heterocycles. The third-order valence-electron chi connectivity index (χ3n) is 6.10. The van der Waals surface area contributed by atoms with Gasteiger partial charge in [-0.3, -0.25) is 0 Å². The van der Waals surface area contributed by atoms with Crippen molar-refractivity contribution in [3.63, 3.8) is 0 Å². The monoisotopic (exact) mass is 342 g/mol. The number of hydrogen-bond donors (Lipinski definition) is 0. The van der Waals surface area contributed by atoms with E-state index in [9.17, 15) is 0 Å². The highest BCUT2D eigenvalue weighted by molar-refractivity contribution is 8.03. The highest BCUT2D eigenvalue weighted by Crippen LogP contribution is 2.50. The lowest BCUT2D eigenvalue weighted by Crippen LogP contribution is -2.11. The zero-order valence-corrected chi connectivity index (χ0v) is 15.8. The number of rotatable bonds is 2. The molecule has 1 heteroatoms. The predicted octanol–water partition coefficient (Wildman–Crippen LogP) is 6.72. The zero-order valence-electron chi connectivity index (χ0n) is 15.0. The molecule has 0 bridgehead atoms. The molecular weight excluding hydrogens is 320 g/mol. The maximum Gasteiger partial charge on any atom is 0.0530 e. The molecule has 1 aromatic rings. The number of fused-ring (bicyclic) bond motifs is 3. The Labute approximate surface area is 154 Å². The van der Waals surface area contributed by atoms with Crippen LogP contribution in [0.3, 0.4) is 0 Å². The molecule has 0 amide bonds. The molecule has 4 aliphatic rings. The van der Waals surface area contributed by atoms with Crippen molar-refractivity contribution in [1.29, 1.82) is 0 Å². The summed E-state index contributed by atoms with van der Waals surface area (Å²) in [4.78, 5) is 0. The first-order valence-electron chi connectivity index (χ1n) is 9.08. The van der Waals surface area contributed by atoms with Crippen LogP contribution in [0.25, 0.3) is 6.08 Å². The van der Waals surface area contributed by atoms with E-state index >= 15 is 0 Å². The standard InChI is InChI=1S/C24H22S/c1-14-10-17-6-4-5-7-19(17)20(14)12-21-15(2)11-22-16(3)18-8-9-25-24(18)13-23(21)22/h4-11,13,20,24H,12H2,1-3H3. The van der Waals surface area contributed by atoms with Crippen LogP contribution in [-0.4, -0.2) is 5.25 Å². The summed E-state index contributed by atoms with van der Waals surface area (Å²) in [6, 6.07) is 8.88. The van der Waals surface area contributed by atoms with Gasteiger partial charge in [-0.05, 0) is 77.2 Å². The summed E-state index contributed by atoms with van der Waals surface area (Å²) in [5.74, 6) is 0.523. The molecule has 1 aliphatic heterocycles. The van der Waals surface area contributed by atoms with Crippen molar-refractivity contribution in [2.24, 2.45) is 0 Å². The van der Waals surface area contributed by atoms with E-state index in [4.69, 9.17) is 0 Å². The van der Waals surface area contributed by atoms with Crippen molar-refractivity contribution < 1.29 is 0 Å². The van der Waals surface area contributed by atoms with Crippen molar-refractivity contribution in [3.05, 3.63) is 98.0 Å². The van der Waals surface area contributed by atoms with Gasteiger partial charge in [0.2, 0.25) is 0 Å². The summed E-state index contributed by atoms with van der Waals surface area (Å²) < 4.78 is 0. The topological polar surface area (TPSA) is 0 Å². The van der Waals surface area contributed by atoms with E-state index in [0.29, 0.717) is 11.2 Å². The predicted molar refractivity (Wildman–Crippen MR) is 110 cm³/mol. The zero-order chi connectivity index (χ0) is 17.1. The van der Waals surface area contributed by atoms with Crippen LogP contribution in [0, 0.1) is 0 Å². The summed E-state index contributed by atoms with van der Waals surface area (Å²) in [6.45, 7) is 6.88. The molecule has 0 N–H and O–H groups in total. The molecule has 3 aliphatic carbocycles. The van der Waals surface area contributed by atoms with E-state index in [2.05, 4.69) is 74.7 Å². The second-order valence-corrected chi connectivity index (χ2v) is 8.57. The van der Waals surface area contributed by atoms with Gasteiger partial charge in [-0.15, -0.1) is 11.8 Å². The smallest absolute Gasteiger partial charge is 0.0530 e. The molecule has 25 heavy (non-hydrogen) atoms. The van der Waals surface area contributed by atoms with Gasteiger partial charge in [-0.2, -0.15) is 0 Å². The lowest BCUT2D eigenvalue weighted by molar-refractivity contribution is 0.798. The van der Waals surface area contributed by atoms with Crippen LogP contribution >= 0.6 is 11.8 Å². The van der Waals surface area contributed by atoms with E-state index in [-0.39, 0.29) is 0 Å². The quantitative estimate of drug-likeness (QED) is 0.575. The molecule has 5 rings (SSSR count). The Morgan fingerprint density at radius 1 is 1.00 bits per heavy atom. The van der Waals surface area contributed by atoms with Crippen molar-refractivity contribution >= 4 is 17.8 Å². The van der Waals surface area contributed by atoms with Crippen LogP contribution in [0.1, 0.15) is 44.2 Å². The van der Waals surface area contributed by atoms with Crippen molar-refractivity contribution in [1.82, 2.24) is 0 Å². The Balaban J connectivity index is 1.51. The molecule has 0 nitrogen and oxygen atoms in total. The summed E-state index contributed by atoms with van der Waals surface area (Å²) in [5.41, 5.74) is 13.3. The number of hydrogen-bond acceptors (Lipinski definition) is 1. The minimum absolute atomic E-state index is 0.514. The molecule has 2 unspecified atom stereocenters. The first kappa shape index (κ1) is 15.3. The Bertz CT molecular complexity index is 975. The van der Waals surface area contributed by atoms with Crippen LogP contribution < -0.4 is 0 Å². The average Bonchev–Trinajstić information content (AvgIpc) is 3.27. The maximum absolute atomic E-state index is 2.50. The Morgan fingerprint density at radius 2 is 1.84 bits per heavy atom. The molecule has 1 aromatic carbocycles. The fraction of sp³-hybridized carbons (Fsp3) is 0.250. The van der Waals surface area contributed by atoms with Gasteiger partial charge in [0, 0.05) is 5.92 Å². The molecule has 0 fully saturated rings. The minimum Gasteiger partial charge on any atom is -0.122 e. The van der Waals surface area contributed by atoms with Crippen LogP contribution in [-0.2, 0) is 0 Å². The first-order valence-corrected chi connectivity index (χ1v) is 10.0. The van der Waals surface area contributed by atoms with Gasteiger partial charge in [0.25, 0.3) is 0 Å². The SMILES string of the molecule is CC1=Cc2ccccc2C1CC1=C(C)C=C2C1=CC1SC=CC1=C2C. The first-order chi connectivity index (χ1) is 12.1. The minimum atomic E-state index is 0.514. The number of thioether (sulfide) groups is 1. The summed E-state index contributed by atoms with van der Waals surface area (Å²) in [5, 5.41) is 2.76. The van der Waals surface area contributed by atoms with Gasteiger partial charge in [0.1, 0.15) is 0 Å². The van der Waals surface area contributed by atoms with E-state index in [1.165, 1.54) is 44.6 Å². The second-order valence-electron chi connectivity index (χ2n) is 7.51. The van der Waals surface area contributed by atoms with Gasteiger partial charge in [-0.25, -0.2) is 0 Å². The van der Waals surface area contributed by atoms with Gasteiger partial charge >= 0.3 is 0 Å². The van der Waals surface area contributed by atoms with Crippen LogP contribution in [0.2, 0.25) is 0 Å². The van der Waals surface area contributed by atoms with Crippen LogP contribution in [0.15, 0.2) is 86.9 Å². The van der Waals surface area contributed by atoms with E-state index < -0.39 is 0 Å². The maximum atomic E-state index is 2.50. The molecule has 2 atom stereocenters. The highest BCUT2D eigenvalue weighted by Gasteiger charge is 2.33. The third kappa shape index (κ3) is 2.22. The van der Waals surface area contributed by atoms with Crippen LogP contribution in [0.5, 0.6) is 0 Å². The molecule has 0 radical (unpaired) electrons. The Morgan fingerprint density at radius 3 is 2.72 bits per heavy atom. The van der Waals surface area contributed by atoms with E-state index in [1.54, 1.807) is 5.57 Å². The molecule has 0 saturated carbocycles. The van der Waals surface area contributed by atoms with E-state index in [0.717, 1.165) is 6.42 Å². The second kappa shape index (κ2) is 5.51. The van der Waals surface area contributed by atoms with Crippen molar-refractivity contribution in [2.45, 2.75) is 38.4 Å². The summed E-state index contributed by atoms with van der Waals surface area (Å²) >= 11 is 1.94. The number of allylic oxidation sites excluding steroid dienone is 8. The fourth-order valence-electron chi connectivity index (χ4n) is 4.69. The van der Waals surface area contributed by atoms with Crippen LogP contribution in [0.4, 0.5) is 0 Å². The largest absolute Gasteiger partial charge is 0.122 e. The lowest BCUT2D eigenvalue weighted by Gasteiger charge is -2.24. The lowest BCUT2D eigenvalue weighted by atomic mass is 9.82. The van der Waals surface area contributed by atoms with Gasteiger partial charge in [0.05, 0.1) is 5.25 Å². The van der Waals surface area contributed by atoms with Gasteiger partial charge in [-0.1, -0.05) is 54.1 Å². The molecule has 0 spiro atoms. The highest BCUT2D eigenvalue weighted by atomic mass is 32.2. The average molecular weight is 343 g/mol. The Kier molecular flexibility index (Phi) is 3.36. The third-order valence-corrected chi connectivity index (χ3v) is 7.08. The molecule has 1 heterocycles. The van der Waals surface area contributed by atoms with Gasteiger partial charge in [0.15, 0.2) is 0 Å². The van der Waals surface area contributed by atoms with E-state index in [1.807, 2.05) is 11.8 Å². The summed E-state index contributed by atoms with van der Waals surface area (Å²) in [7, 11) is 0. The van der Waals surface area contributed by atoms with Crippen molar-refractivity contribution in [3.8, 4) is 0 Å². The molecule has 124 valence electrons. The van der Waals surface area contributed by atoms with Crippen molar-refractivity contribution in [2.75, 3.05) is 0 Å². The normalized spacial score (nSPS) is 26.4. The molecular formula is C24H22S. The summed E-state index contributed by atoms with van der Waals surface area (Å²) in [6.07, 6.45) is 10.7. The Hall–Kier alpha value is -1.99. The number of benzene rings is 1. The fourth-order valence-corrected chi connectivity index (χ4v) is 5.70. The molecule has 0 aromatic heterocycles. The van der Waals surface area contributed by atoms with Gasteiger partial charge < -0.3 is 0 Å².